The van der Waals surface area contributed by atoms with Crippen molar-refractivity contribution in [2.75, 3.05) is 13.2 Å². The summed E-state index contributed by atoms with van der Waals surface area (Å²) in [5, 5.41) is 7.87. The predicted octanol–water partition coefficient (Wildman–Crippen LogP) is 2.04. The molecule has 0 spiro atoms. The van der Waals surface area contributed by atoms with Gasteiger partial charge in [0.25, 0.3) is 5.91 Å². The fourth-order valence-electron chi connectivity index (χ4n) is 2.71. The highest BCUT2D eigenvalue weighted by Gasteiger charge is 2.31. The number of nitrogens with zero attached hydrogens (tertiary/aromatic N) is 2. The molecule has 6 nitrogen and oxygen atoms in total. The second kappa shape index (κ2) is 6.18. The molecule has 1 amide bonds. The monoisotopic (exact) mass is 321 g/mol. The van der Waals surface area contributed by atoms with Gasteiger partial charge in [0.1, 0.15) is 10.6 Å². The average molecular weight is 321 g/mol. The molecule has 0 bridgehead atoms. The van der Waals surface area contributed by atoms with Crippen LogP contribution in [0.15, 0.2) is 10.6 Å². The number of thiazole rings is 1. The molecule has 0 saturated carbocycles. The number of rotatable bonds is 4. The normalized spacial score (nSPS) is 21.2. The molecule has 1 saturated heterocycles. The van der Waals surface area contributed by atoms with Crippen LogP contribution in [0.3, 0.4) is 0 Å². The zero-order valence-corrected chi connectivity index (χ0v) is 13.7. The molecule has 7 heteroatoms. The van der Waals surface area contributed by atoms with E-state index in [1.807, 2.05) is 26.8 Å². The van der Waals surface area contributed by atoms with Crippen molar-refractivity contribution in [1.82, 2.24) is 15.5 Å². The number of nitrogens with one attached hydrogen (secondary N) is 1. The smallest absolute Gasteiger partial charge is 0.263 e. The van der Waals surface area contributed by atoms with E-state index in [1.54, 1.807) is 0 Å². The second-order valence-corrected chi connectivity index (χ2v) is 6.87. The maximum absolute atomic E-state index is 12.4. The van der Waals surface area contributed by atoms with Gasteiger partial charge < -0.3 is 14.6 Å². The van der Waals surface area contributed by atoms with Crippen molar-refractivity contribution >= 4 is 17.2 Å². The van der Waals surface area contributed by atoms with Crippen molar-refractivity contribution in [3.8, 4) is 0 Å². The number of aryl methyl sites for hydroxylation is 3. The lowest BCUT2D eigenvalue weighted by Gasteiger charge is -2.17. The SMILES string of the molecule is Cc1cc(CC2COCC2NC(=O)c2sc(C)nc2C)on1. The minimum Gasteiger partial charge on any atom is -0.379 e. The summed E-state index contributed by atoms with van der Waals surface area (Å²) < 4.78 is 10.8. The number of ether oxygens (including phenoxy) is 1. The van der Waals surface area contributed by atoms with Gasteiger partial charge in [-0.2, -0.15) is 0 Å². The Bertz CT molecular complexity index is 679. The Hall–Kier alpha value is -1.73. The maximum Gasteiger partial charge on any atom is 0.263 e. The summed E-state index contributed by atoms with van der Waals surface area (Å²) in [4.78, 5) is 17.4. The summed E-state index contributed by atoms with van der Waals surface area (Å²) in [6.07, 6.45) is 0.715. The van der Waals surface area contributed by atoms with Gasteiger partial charge in [0.05, 0.1) is 35.7 Å². The van der Waals surface area contributed by atoms with E-state index in [0.29, 0.717) is 24.5 Å². The molecule has 1 aliphatic rings. The fraction of sp³-hybridized carbons (Fsp3) is 0.533. The Balaban J connectivity index is 1.66. The van der Waals surface area contributed by atoms with Gasteiger partial charge in [-0.25, -0.2) is 4.98 Å². The topological polar surface area (TPSA) is 77.2 Å². The van der Waals surface area contributed by atoms with Gasteiger partial charge in [-0.1, -0.05) is 5.16 Å². The van der Waals surface area contributed by atoms with Crippen LogP contribution in [0.1, 0.15) is 31.8 Å². The molecule has 2 unspecified atom stereocenters. The number of hydrogen-bond donors (Lipinski definition) is 1. The van der Waals surface area contributed by atoms with Gasteiger partial charge >= 0.3 is 0 Å². The van der Waals surface area contributed by atoms with E-state index in [1.165, 1.54) is 11.3 Å². The van der Waals surface area contributed by atoms with Crippen molar-refractivity contribution in [3.63, 3.8) is 0 Å². The molecule has 1 N–H and O–H groups in total. The number of hydrogen-bond acceptors (Lipinski definition) is 6. The number of aromatic nitrogens is 2. The summed E-state index contributed by atoms with van der Waals surface area (Å²) in [7, 11) is 0. The van der Waals surface area contributed by atoms with Crippen LogP contribution in [0.5, 0.6) is 0 Å². The molecule has 0 radical (unpaired) electrons. The van der Waals surface area contributed by atoms with Crippen LogP contribution in [0.25, 0.3) is 0 Å². The molecule has 0 aliphatic carbocycles. The van der Waals surface area contributed by atoms with Crippen LogP contribution < -0.4 is 5.32 Å². The molecule has 0 aromatic carbocycles. The van der Waals surface area contributed by atoms with E-state index in [0.717, 1.165) is 22.2 Å². The third kappa shape index (κ3) is 3.20. The molecule has 1 aliphatic heterocycles. The van der Waals surface area contributed by atoms with Crippen LogP contribution >= 0.6 is 11.3 Å². The first-order valence-corrected chi connectivity index (χ1v) is 8.09. The van der Waals surface area contributed by atoms with Crippen molar-refractivity contribution in [3.05, 3.63) is 33.1 Å². The Labute approximate surface area is 132 Å². The van der Waals surface area contributed by atoms with Gasteiger partial charge in [-0.3, -0.25) is 4.79 Å². The van der Waals surface area contributed by atoms with E-state index < -0.39 is 0 Å². The minimum atomic E-state index is -0.0719. The fourth-order valence-corrected chi connectivity index (χ4v) is 3.53. The van der Waals surface area contributed by atoms with E-state index in [-0.39, 0.29) is 17.9 Å². The summed E-state index contributed by atoms with van der Waals surface area (Å²) in [5.41, 5.74) is 1.64. The minimum absolute atomic E-state index is 0.0142. The lowest BCUT2D eigenvalue weighted by molar-refractivity contribution is 0.0928. The Morgan fingerprint density at radius 2 is 2.23 bits per heavy atom. The average Bonchev–Trinajstić information content (AvgIpc) is 3.13. The van der Waals surface area contributed by atoms with Crippen molar-refractivity contribution in [1.29, 1.82) is 0 Å². The van der Waals surface area contributed by atoms with Crippen LogP contribution in [0, 0.1) is 26.7 Å². The number of amides is 1. The van der Waals surface area contributed by atoms with Crippen LogP contribution in [-0.4, -0.2) is 35.3 Å². The van der Waals surface area contributed by atoms with Crippen molar-refractivity contribution < 1.29 is 14.1 Å². The maximum atomic E-state index is 12.4. The van der Waals surface area contributed by atoms with Crippen LogP contribution in [-0.2, 0) is 11.2 Å². The van der Waals surface area contributed by atoms with E-state index >= 15 is 0 Å². The molecule has 22 heavy (non-hydrogen) atoms. The third-order valence-electron chi connectivity index (χ3n) is 3.76. The predicted molar refractivity (Wildman–Crippen MR) is 82.1 cm³/mol. The van der Waals surface area contributed by atoms with E-state index in [9.17, 15) is 4.79 Å². The molecule has 3 heterocycles. The van der Waals surface area contributed by atoms with Gasteiger partial charge in [0, 0.05) is 18.4 Å². The number of carbonyl (C=O) groups excluding carboxylic acids is 1. The van der Waals surface area contributed by atoms with Crippen LogP contribution in [0.4, 0.5) is 0 Å². The third-order valence-corrected chi connectivity index (χ3v) is 4.84. The highest BCUT2D eigenvalue weighted by atomic mass is 32.1. The first-order chi connectivity index (χ1) is 10.5. The zero-order valence-electron chi connectivity index (χ0n) is 12.9. The van der Waals surface area contributed by atoms with Crippen molar-refractivity contribution in [2.45, 2.75) is 33.2 Å². The summed E-state index contributed by atoms with van der Waals surface area (Å²) in [6, 6.07) is 1.91. The van der Waals surface area contributed by atoms with Gasteiger partial charge in [0.15, 0.2) is 0 Å². The molecule has 2 aromatic rings. The van der Waals surface area contributed by atoms with Gasteiger partial charge in [-0.15, -0.1) is 11.3 Å². The van der Waals surface area contributed by atoms with Crippen molar-refractivity contribution in [2.24, 2.45) is 5.92 Å². The standard InChI is InChI=1S/C15H19N3O3S/c1-8-4-12(21-18-8)5-11-6-20-7-13(11)17-15(19)14-9(2)16-10(3)22-14/h4,11,13H,5-7H2,1-3H3,(H,17,19). The zero-order chi connectivity index (χ0) is 15.7. The van der Waals surface area contributed by atoms with Crippen LogP contribution in [0.2, 0.25) is 0 Å². The Morgan fingerprint density at radius 3 is 2.86 bits per heavy atom. The Morgan fingerprint density at radius 1 is 1.41 bits per heavy atom. The first-order valence-electron chi connectivity index (χ1n) is 7.27. The highest BCUT2D eigenvalue weighted by molar-refractivity contribution is 7.13. The van der Waals surface area contributed by atoms with E-state index in [4.69, 9.17) is 9.26 Å². The Kier molecular flexibility index (Phi) is 4.26. The highest BCUT2D eigenvalue weighted by Crippen LogP contribution is 2.22. The second-order valence-electron chi connectivity index (χ2n) is 5.66. The van der Waals surface area contributed by atoms with Gasteiger partial charge in [0.2, 0.25) is 0 Å². The molecule has 1 fully saturated rings. The largest absolute Gasteiger partial charge is 0.379 e. The van der Waals surface area contributed by atoms with E-state index in [2.05, 4.69) is 15.5 Å². The molecule has 3 rings (SSSR count). The molecular formula is C15H19N3O3S. The lowest BCUT2D eigenvalue weighted by atomic mass is 9.98. The molecule has 2 atom stereocenters. The summed E-state index contributed by atoms with van der Waals surface area (Å²) >= 11 is 1.42. The lowest BCUT2D eigenvalue weighted by Crippen LogP contribution is -2.40. The summed E-state index contributed by atoms with van der Waals surface area (Å²) in [5.74, 6) is 0.958. The van der Waals surface area contributed by atoms with Gasteiger partial charge in [-0.05, 0) is 20.8 Å². The first kappa shape index (κ1) is 15.2. The summed E-state index contributed by atoms with van der Waals surface area (Å²) in [6.45, 7) is 6.80. The number of carbonyl (C=O) groups is 1. The molecule has 118 valence electrons. The molecule has 2 aromatic heterocycles. The molecular weight excluding hydrogens is 302 g/mol. The quantitative estimate of drug-likeness (QED) is 0.932.